The summed E-state index contributed by atoms with van der Waals surface area (Å²) in [6.45, 7) is 0.242. The summed E-state index contributed by atoms with van der Waals surface area (Å²) in [4.78, 5) is 11.2. The predicted octanol–water partition coefficient (Wildman–Crippen LogP) is 1.93. The molecule has 0 aliphatic rings. The van der Waals surface area contributed by atoms with Gasteiger partial charge in [0.25, 0.3) is 0 Å². The lowest BCUT2D eigenvalue weighted by atomic mass is 10.2. The molecule has 5 heteroatoms. The third kappa shape index (κ3) is 2.46. The molecule has 0 amide bonds. The number of aliphatic hydroxyl groups is 1. The summed E-state index contributed by atoms with van der Waals surface area (Å²) in [6.07, 6.45) is 4.38. The number of rotatable bonds is 4. The van der Waals surface area contributed by atoms with Crippen LogP contribution in [0.3, 0.4) is 0 Å². The Balaban J connectivity index is 2.16. The molecule has 4 nitrogen and oxygen atoms in total. The van der Waals surface area contributed by atoms with Crippen molar-refractivity contribution in [3.63, 3.8) is 0 Å². The van der Waals surface area contributed by atoms with Crippen LogP contribution in [0.25, 0.3) is 11.0 Å². The molecule has 0 atom stereocenters. The third-order valence-corrected chi connectivity index (χ3v) is 2.43. The van der Waals surface area contributed by atoms with Crippen LogP contribution in [0.4, 0.5) is 0 Å². The second kappa shape index (κ2) is 4.59. The van der Waals surface area contributed by atoms with Crippen LogP contribution in [0.5, 0.6) is 0 Å². The number of H-pyrrole nitrogens is 1. The molecule has 0 saturated heterocycles. The normalized spacial score (nSPS) is 11.1. The molecule has 0 unspecified atom stereocenters. The van der Waals surface area contributed by atoms with E-state index in [1.165, 1.54) is 0 Å². The van der Waals surface area contributed by atoms with Gasteiger partial charge < -0.3 is 10.1 Å². The number of hydrogen-bond donors (Lipinski definition) is 2. The number of aliphatic hydroxyl groups excluding tert-OH is 1. The van der Waals surface area contributed by atoms with Crippen LogP contribution in [0.1, 0.15) is 18.5 Å². The van der Waals surface area contributed by atoms with Gasteiger partial charge >= 0.3 is 0 Å². The molecule has 0 fully saturated rings. The van der Waals surface area contributed by atoms with Gasteiger partial charge in [0.05, 0.1) is 17.2 Å². The van der Waals surface area contributed by atoms with Crippen molar-refractivity contribution in [1.29, 1.82) is 0 Å². The average Bonchev–Trinajstić information content (AvgIpc) is 2.60. The number of hydrogen-bond acceptors (Lipinski definition) is 3. The fourth-order valence-electron chi connectivity index (χ4n) is 1.51. The van der Waals surface area contributed by atoms with Gasteiger partial charge in [-0.2, -0.15) is 0 Å². The van der Waals surface area contributed by atoms with E-state index in [1.54, 1.807) is 6.20 Å². The summed E-state index contributed by atoms with van der Waals surface area (Å²) < 4.78 is 0. The standard InChI is InChI=1S/C10H12ClN3O/c11-10-12-6-9-8(14-10)5-7(13-9)3-1-2-4-15/h5-6,13,15H,1-4H2. The third-order valence-electron chi connectivity index (χ3n) is 2.25. The van der Waals surface area contributed by atoms with Gasteiger partial charge in [-0.3, -0.25) is 0 Å². The largest absolute Gasteiger partial charge is 0.396 e. The zero-order chi connectivity index (χ0) is 10.7. The van der Waals surface area contributed by atoms with Crippen molar-refractivity contribution in [3.8, 4) is 0 Å². The monoisotopic (exact) mass is 225 g/mol. The summed E-state index contributed by atoms with van der Waals surface area (Å²) in [6, 6.07) is 1.97. The number of fused-ring (bicyclic) bond motifs is 1. The zero-order valence-corrected chi connectivity index (χ0v) is 8.96. The van der Waals surface area contributed by atoms with E-state index in [9.17, 15) is 0 Å². The molecule has 2 rings (SSSR count). The summed E-state index contributed by atoms with van der Waals surface area (Å²) >= 11 is 5.69. The Morgan fingerprint density at radius 1 is 1.40 bits per heavy atom. The van der Waals surface area contributed by atoms with Gasteiger partial charge in [-0.15, -0.1) is 0 Å². The molecular formula is C10H12ClN3O. The molecule has 0 aliphatic carbocycles. The van der Waals surface area contributed by atoms with Crippen molar-refractivity contribution in [1.82, 2.24) is 15.0 Å². The van der Waals surface area contributed by atoms with Gasteiger partial charge in [0.2, 0.25) is 5.28 Å². The Bertz CT molecular complexity index is 455. The molecular weight excluding hydrogens is 214 g/mol. The van der Waals surface area contributed by atoms with Crippen molar-refractivity contribution >= 4 is 22.6 Å². The molecule has 2 aromatic heterocycles. The SMILES string of the molecule is OCCCCc1cc2nc(Cl)ncc2[nH]1. The molecule has 0 spiro atoms. The quantitative estimate of drug-likeness (QED) is 0.617. The molecule has 0 radical (unpaired) electrons. The van der Waals surface area contributed by atoms with Crippen molar-refractivity contribution in [2.75, 3.05) is 6.61 Å². The molecule has 0 aromatic carbocycles. The van der Waals surface area contributed by atoms with Crippen LogP contribution in [0.15, 0.2) is 12.3 Å². The maximum atomic E-state index is 8.67. The first-order chi connectivity index (χ1) is 7.29. The van der Waals surface area contributed by atoms with Crippen LogP contribution in [-0.4, -0.2) is 26.7 Å². The number of nitrogens with zero attached hydrogens (tertiary/aromatic N) is 2. The molecule has 2 heterocycles. The fraction of sp³-hybridized carbons (Fsp3) is 0.400. The smallest absolute Gasteiger partial charge is 0.223 e. The molecule has 0 bridgehead atoms. The minimum absolute atomic E-state index is 0.242. The topological polar surface area (TPSA) is 61.8 Å². The Kier molecular flexibility index (Phi) is 3.18. The minimum Gasteiger partial charge on any atom is -0.396 e. The Labute approximate surface area is 92.3 Å². The highest BCUT2D eigenvalue weighted by atomic mass is 35.5. The number of nitrogens with one attached hydrogen (secondary N) is 1. The highest BCUT2D eigenvalue weighted by molar-refractivity contribution is 6.28. The molecule has 15 heavy (non-hydrogen) atoms. The maximum Gasteiger partial charge on any atom is 0.223 e. The number of aromatic nitrogens is 3. The lowest BCUT2D eigenvalue weighted by molar-refractivity contribution is 0.284. The van der Waals surface area contributed by atoms with Gasteiger partial charge in [-0.05, 0) is 36.9 Å². The lowest BCUT2D eigenvalue weighted by Gasteiger charge is -1.94. The van der Waals surface area contributed by atoms with Crippen molar-refractivity contribution in [2.24, 2.45) is 0 Å². The van der Waals surface area contributed by atoms with Gasteiger partial charge in [0.15, 0.2) is 0 Å². The molecule has 2 N–H and O–H groups in total. The summed E-state index contributed by atoms with van der Waals surface area (Å²) in [5.41, 5.74) is 2.85. The maximum absolute atomic E-state index is 8.67. The molecule has 80 valence electrons. The van der Waals surface area contributed by atoms with Crippen LogP contribution in [0.2, 0.25) is 5.28 Å². The second-order valence-electron chi connectivity index (χ2n) is 3.41. The first-order valence-electron chi connectivity index (χ1n) is 4.90. The highest BCUT2D eigenvalue weighted by Crippen LogP contribution is 2.15. The predicted molar refractivity (Wildman–Crippen MR) is 58.9 cm³/mol. The van der Waals surface area contributed by atoms with E-state index in [-0.39, 0.29) is 11.9 Å². The van der Waals surface area contributed by atoms with E-state index in [1.807, 2.05) is 6.07 Å². The zero-order valence-electron chi connectivity index (χ0n) is 8.20. The van der Waals surface area contributed by atoms with Crippen LogP contribution in [0, 0.1) is 0 Å². The molecule has 0 saturated carbocycles. The number of unbranched alkanes of at least 4 members (excludes halogenated alkanes) is 1. The van der Waals surface area contributed by atoms with E-state index < -0.39 is 0 Å². The van der Waals surface area contributed by atoms with Crippen LogP contribution in [-0.2, 0) is 6.42 Å². The number of aryl methyl sites for hydroxylation is 1. The average molecular weight is 226 g/mol. The van der Waals surface area contributed by atoms with Gasteiger partial charge in [-0.1, -0.05) is 0 Å². The van der Waals surface area contributed by atoms with Crippen LogP contribution < -0.4 is 0 Å². The minimum atomic E-state index is 0.242. The van der Waals surface area contributed by atoms with E-state index in [0.717, 1.165) is 36.0 Å². The van der Waals surface area contributed by atoms with Gasteiger partial charge in [-0.25, -0.2) is 9.97 Å². The van der Waals surface area contributed by atoms with E-state index in [0.29, 0.717) is 0 Å². The Hall–Kier alpha value is -1.13. The van der Waals surface area contributed by atoms with E-state index in [4.69, 9.17) is 16.7 Å². The summed E-state index contributed by atoms with van der Waals surface area (Å²) in [5, 5.41) is 8.94. The van der Waals surface area contributed by atoms with Crippen molar-refractivity contribution < 1.29 is 5.11 Å². The van der Waals surface area contributed by atoms with E-state index >= 15 is 0 Å². The lowest BCUT2D eigenvalue weighted by Crippen LogP contribution is -1.88. The van der Waals surface area contributed by atoms with Gasteiger partial charge in [0, 0.05) is 12.3 Å². The first-order valence-corrected chi connectivity index (χ1v) is 5.28. The first kappa shape index (κ1) is 10.4. The molecule has 0 aliphatic heterocycles. The number of halogens is 1. The van der Waals surface area contributed by atoms with E-state index in [2.05, 4.69) is 15.0 Å². The summed E-state index contributed by atoms with van der Waals surface area (Å²) in [5.74, 6) is 0. The second-order valence-corrected chi connectivity index (χ2v) is 3.75. The fourth-order valence-corrected chi connectivity index (χ4v) is 1.65. The van der Waals surface area contributed by atoms with Crippen LogP contribution >= 0.6 is 11.6 Å². The van der Waals surface area contributed by atoms with Gasteiger partial charge in [0.1, 0.15) is 0 Å². The summed E-state index contributed by atoms with van der Waals surface area (Å²) in [7, 11) is 0. The highest BCUT2D eigenvalue weighted by Gasteiger charge is 2.02. The molecule has 2 aromatic rings. The Morgan fingerprint density at radius 3 is 3.07 bits per heavy atom. The van der Waals surface area contributed by atoms with Crippen molar-refractivity contribution in [3.05, 3.63) is 23.2 Å². The van der Waals surface area contributed by atoms with Crippen molar-refractivity contribution in [2.45, 2.75) is 19.3 Å². The number of aromatic amines is 1. The Morgan fingerprint density at radius 2 is 2.27 bits per heavy atom.